The predicted molar refractivity (Wildman–Crippen MR) is 59.7 cm³/mol. The van der Waals surface area contributed by atoms with Crippen molar-refractivity contribution in [3.63, 3.8) is 0 Å². The lowest BCUT2D eigenvalue weighted by molar-refractivity contribution is 0.770. The molecule has 0 amide bonds. The van der Waals surface area contributed by atoms with E-state index in [0.29, 0.717) is 0 Å². The molecule has 1 unspecified atom stereocenters. The highest BCUT2D eigenvalue weighted by molar-refractivity contribution is 6.31. The van der Waals surface area contributed by atoms with Crippen LogP contribution in [0.1, 0.15) is 36.3 Å². The molecular formula is C11H14Cl2. The van der Waals surface area contributed by atoms with E-state index in [0.717, 1.165) is 29.0 Å². The van der Waals surface area contributed by atoms with Gasteiger partial charge in [0.1, 0.15) is 0 Å². The first-order valence-corrected chi connectivity index (χ1v) is 5.36. The van der Waals surface area contributed by atoms with Crippen LogP contribution in [0.25, 0.3) is 0 Å². The average Bonchev–Trinajstić information content (AvgIpc) is 2.10. The topological polar surface area (TPSA) is 0 Å². The Labute approximate surface area is 89.9 Å². The first kappa shape index (κ1) is 10.9. The van der Waals surface area contributed by atoms with Crippen LogP contribution in [0.4, 0.5) is 0 Å². The van der Waals surface area contributed by atoms with Crippen LogP contribution in [0.5, 0.6) is 0 Å². The minimum absolute atomic E-state index is 0.100. The van der Waals surface area contributed by atoms with E-state index >= 15 is 0 Å². The number of halogens is 2. The Balaban J connectivity index is 2.84. The molecule has 0 spiro atoms. The zero-order valence-electron chi connectivity index (χ0n) is 7.98. The van der Waals surface area contributed by atoms with E-state index in [1.807, 2.05) is 19.1 Å². The Morgan fingerprint density at radius 1 is 1.38 bits per heavy atom. The minimum atomic E-state index is 0.100. The summed E-state index contributed by atoms with van der Waals surface area (Å²) < 4.78 is 0. The fourth-order valence-electron chi connectivity index (χ4n) is 1.22. The first-order chi connectivity index (χ1) is 6.15. The molecule has 1 aromatic carbocycles. The molecule has 2 heteroatoms. The minimum Gasteiger partial charge on any atom is -0.118 e. The van der Waals surface area contributed by atoms with Gasteiger partial charge in [-0.2, -0.15) is 0 Å². The lowest BCUT2D eigenvalue weighted by Gasteiger charge is -2.09. The molecule has 0 radical (unpaired) electrons. The summed E-state index contributed by atoms with van der Waals surface area (Å²) in [7, 11) is 0. The number of hydrogen-bond acceptors (Lipinski definition) is 0. The fraction of sp³-hybridized carbons (Fsp3) is 0.455. The summed E-state index contributed by atoms with van der Waals surface area (Å²) in [6.45, 7) is 4.13. The van der Waals surface area contributed by atoms with Gasteiger partial charge in [-0.1, -0.05) is 37.1 Å². The van der Waals surface area contributed by atoms with Gasteiger partial charge in [0, 0.05) is 5.02 Å². The van der Waals surface area contributed by atoms with Gasteiger partial charge >= 0.3 is 0 Å². The molecule has 1 aromatic rings. The molecule has 0 aliphatic carbocycles. The monoisotopic (exact) mass is 216 g/mol. The Morgan fingerprint density at radius 3 is 2.62 bits per heavy atom. The SMILES string of the molecule is CCCC(Cl)c1ccc(C)c(Cl)c1. The lowest BCUT2D eigenvalue weighted by atomic mass is 10.1. The summed E-state index contributed by atoms with van der Waals surface area (Å²) in [6.07, 6.45) is 2.10. The van der Waals surface area contributed by atoms with Gasteiger partial charge in [-0.05, 0) is 30.5 Å². The van der Waals surface area contributed by atoms with Crippen molar-refractivity contribution in [3.05, 3.63) is 34.3 Å². The van der Waals surface area contributed by atoms with Gasteiger partial charge in [-0.25, -0.2) is 0 Å². The second-order valence-electron chi connectivity index (χ2n) is 3.26. The maximum Gasteiger partial charge on any atom is 0.0585 e. The lowest BCUT2D eigenvalue weighted by Crippen LogP contribution is -1.90. The molecule has 0 aliphatic heterocycles. The van der Waals surface area contributed by atoms with Crippen LogP contribution >= 0.6 is 23.2 Å². The number of benzene rings is 1. The number of alkyl halides is 1. The summed E-state index contributed by atoms with van der Waals surface area (Å²) in [5.74, 6) is 0. The van der Waals surface area contributed by atoms with Gasteiger partial charge in [0.15, 0.2) is 0 Å². The molecule has 0 saturated heterocycles. The Bertz CT molecular complexity index is 281. The van der Waals surface area contributed by atoms with E-state index in [1.165, 1.54) is 0 Å². The van der Waals surface area contributed by atoms with E-state index in [-0.39, 0.29) is 5.38 Å². The zero-order valence-corrected chi connectivity index (χ0v) is 9.49. The van der Waals surface area contributed by atoms with Crippen molar-refractivity contribution in [2.45, 2.75) is 32.1 Å². The van der Waals surface area contributed by atoms with Gasteiger partial charge in [0.2, 0.25) is 0 Å². The molecule has 0 nitrogen and oxygen atoms in total. The number of aryl methyl sites for hydroxylation is 1. The molecule has 0 aliphatic rings. The largest absolute Gasteiger partial charge is 0.118 e. The zero-order chi connectivity index (χ0) is 9.84. The van der Waals surface area contributed by atoms with E-state index in [4.69, 9.17) is 23.2 Å². The summed E-state index contributed by atoms with van der Waals surface area (Å²) >= 11 is 12.2. The molecule has 1 rings (SSSR count). The van der Waals surface area contributed by atoms with Gasteiger partial charge in [0.05, 0.1) is 5.38 Å². The van der Waals surface area contributed by atoms with Crippen LogP contribution in [0.15, 0.2) is 18.2 Å². The summed E-state index contributed by atoms with van der Waals surface area (Å²) in [4.78, 5) is 0. The third-order valence-electron chi connectivity index (χ3n) is 2.10. The summed E-state index contributed by atoms with van der Waals surface area (Å²) in [5, 5.41) is 0.905. The van der Waals surface area contributed by atoms with E-state index in [2.05, 4.69) is 13.0 Å². The van der Waals surface area contributed by atoms with Crippen LogP contribution in [-0.4, -0.2) is 0 Å². The Kier molecular flexibility index (Phi) is 4.08. The quantitative estimate of drug-likeness (QED) is 0.642. The maximum atomic E-state index is 6.17. The van der Waals surface area contributed by atoms with E-state index < -0.39 is 0 Å². The second-order valence-corrected chi connectivity index (χ2v) is 4.20. The van der Waals surface area contributed by atoms with Crippen LogP contribution in [-0.2, 0) is 0 Å². The maximum absolute atomic E-state index is 6.17. The van der Waals surface area contributed by atoms with Gasteiger partial charge < -0.3 is 0 Å². The molecule has 72 valence electrons. The number of hydrogen-bond donors (Lipinski definition) is 0. The van der Waals surface area contributed by atoms with E-state index in [9.17, 15) is 0 Å². The van der Waals surface area contributed by atoms with Crippen molar-refractivity contribution >= 4 is 23.2 Å². The molecule has 0 heterocycles. The third kappa shape index (κ3) is 2.89. The van der Waals surface area contributed by atoms with Gasteiger partial charge in [0.25, 0.3) is 0 Å². The predicted octanol–water partition coefficient (Wildman–Crippen LogP) is 4.73. The van der Waals surface area contributed by atoms with Crippen molar-refractivity contribution < 1.29 is 0 Å². The highest BCUT2D eigenvalue weighted by atomic mass is 35.5. The molecule has 0 aromatic heterocycles. The van der Waals surface area contributed by atoms with Crippen molar-refractivity contribution in [1.82, 2.24) is 0 Å². The third-order valence-corrected chi connectivity index (χ3v) is 2.98. The molecule has 13 heavy (non-hydrogen) atoms. The van der Waals surface area contributed by atoms with Crippen molar-refractivity contribution in [2.24, 2.45) is 0 Å². The molecule has 0 saturated carbocycles. The standard InChI is InChI=1S/C11H14Cl2/c1-3-4-10(12)9-6-5-8(2)11(13)7-9/h5-7,10H,3-4H2,1-2H3. The number of rotatable bonds is 3. The highest BCUT2D eigenvalue weighted by Gasteiger charge is 2.07. The van der Waals surface area contributed by atoms with Gasteiger partial charge in [-0.3, -0.25) is 0 Å². The average molecular weight is 217 g/mol. The normalized spacial score (nSPS) is 12.9. The van der Waals surface area contributed by atoms with Crippen LogP contribution in [0, 0.1) is 6.92 Å². The summed E-state index contributed by atoms with van der Waals surface area (Å²) in [5.41, 5.74) is 2.23. The van der Waals surface area contributed by atoms with Crippen molar-refractivity contribution in [1.29, 1.82) is 0 Å². The Morgan fingerprint density at radius 2 is 2.08 bits per heavy atom. The second kappa shape index (κ2) is 4.88. The molecule has 0 bridgehead atoms. The Hall–Kier alpha value is -0.200. The van der Waals surface area contributed by atoms with Gasteiger partial charge in [-0.15, -0.1) is 11.6 Å². The molecule has 0 fully saturated rings. The first-order valence-electron chi connectivity index (χ1n) is 4.55. The smallest absolute Gasteiger partial charge is 0.0585 e. The van der Waals surface area contributed by atoms with Crippen molar-refractivity contribution in [3.8, 4) is 0 Å². The van der Waals surface area contributed by atoms with Crippen LogP contribution < -0.4 is 0 Å². The molecule has 0 N–H and O–H groups in total. The molecular weight excluding hydrogens is 203 g/mol. The fourth-order valence-corrected chi connectivity index (χ4v) is 1.77. The van der Waals surface area contributed by atoms with E-state index in [1.54, 1.807) is 0 Å². The van der Waals surface area contributed by atoms with Crippen LogP contribution in [0.3, 0.4) is 0 Å². The molecule has 1 atom stereocenters. The van der Waals surface area contributed by atoms with Crippen molar-refractivity contribution in [2.75, 3.05) is 0 Å². The van der Waals surface area contributed by atoms with Crippen LogP contribution in [0.2, 0.25) is 5.02 Å². The summed E-state index contributed by atoms with van der Waals surface area (Å²) in [6, 6.07) is 6.03. The highest BCUT2D eigenvalue weighted by Crippen LogP contribution is 2.28.